The molecular weight excluding hydrogens is 252 g/mol. The molecule has 2 N–H and O–H groups in total. The van der Waals surface area contributed by atoms with Crippen LogP contribution in [-0.4, -0.2) is 76.0 Å². The van der Waals surface area contributed by atoms with Crippen LogP contribution in [0.25, 0.3) is 0 Å². The quantitative estimate of drug-likeness (QED) is 0.686. The lowest BCUT2D eigenvalue weighted by atomic mass is 10.2. The topological polar surface area (TPSA) is 90.3 Å². The van der Waals surface area contributed by atoms with Crippen LogP contribution < -0.4 is 0 Å². The zero-order chi connectivity index (χ0) is 14.2. The largest absolute Gasteiger partial charge is 0.480 e. The van der Waals surface area contributed by atoms with Gasteiger partial charge in [0.2, 0.25) is 0 Å². The molecule has 2 aliphatic heterocycles. The molecule has 2 fully saturated rings. The molecule has 0 aliphatic carbocycles. The van der Waals surface area contributed by atoms with E-state index in [1.54, 1.807) is 4.90 Å². The number of carbonyl (C=O) groups is 2. The number of carboxylic acids is 1. The Morgan fingerprint density at radius 2 is 1.89 bits per heavy atom. The van der Waals surface area contributed by atoms with Crippen molar-refractivity contribution in [1.82, 2.24) is 9.80 Å². The van der Waals surface area contributed by atoms with Crippen LogP contribution in [-0.2, 0) is 9.53 Å². The van der Waals surface area contributed by atoms with Crippen molar-refractivity contribution in [3.05, 3.63) is 0 Å². The van der Waals surface area contributed by atoms with Crippen molar-refractivity contribution in [1.29, 1.82) is 0 Å². The van der Waals surface area contributed by atoms with E-state index in [0.717, 1.165) is 0 Å². The highest BCUT2D eigenvalue weighted by atomic mass is 16.5. The zero-order valence-corrected chi connectivity index (χ0v) is 11.2. The number of ether oxygens (including phenoxy) is 1. The minimum atomic E-state index is -1.07. The Bertz CT molecular complexity index is 375. The van der Waals surface area contributed by atoms with Crippen molar-refractivity contribution in [2.75, 3.05) is 19.7 Å². The summed E-state index contributed by atoms with van der Waals surface area (Å²) in [5, 5.41) is 18.7. The number of urea groups is 1. The van der Waals surface area contributed by atoms with Gasteiger partial charge in [-0.3, -0.25) is 0 Å². The number of rotatable bonds is 1. The molecule has 0 aromatic heterocycles. The van der Waals surface area contributed by atoms with E-state index >= 15 is 0 Å². The van der Waals surface area contributed by atoms with Gasteiger partial charge in [0, 0.05) is 19.5 Å². The lowest BCUT2D eigenvalue weighted by Crippen LogP contribution is -2.56. The van der Waals surface area contributed by atoms with Gasteiger partial charge in [0.1, 0.15) is 6.04 Å². The summed E-state index contributed by atoms with van der Waals surface area (Å²) < 4.78 is 5.45. The van der Waals surface area contributed by atoms with Gasteiger partial charge < -0.3 is 24.7 Å². The Balaban J connectivity index is 2.11. The lowest BCUT2D eigenvalue weighted by molar-refractivity contribution is -0.141. The molecule has 7 nitrogen and oxygen atoms in total. The second kappa shape index (κ2) is 5.34. The van der Waals surface area contributed by atoms with Crippen molar-refractivity contribution in [3.8, 4) is 0 Å². The molecule has 2 heterocycles. The summed E-state index contributed by atoms with van der Waals surface area (Å²) in [5.74, 6) is -1.07. The molecule has 0 bridgehead atoms. The first-order valence-corrected chi connectivity index (χ1v) is 6.50. The maximum Gasteiger partial charge on any atom is 0.326 e. The summed E-state index contributed by atoms with van der Waals surface area (Å²) in [6.07, 6.45) is -0.732. The van der Waals surface area contributed by atoms with Crippen LogP contribution in [0, 0.1) is 0 Å². The van der Waals surface area contributed by atoms with Gasteiger partial charge in [0.05, 0.1) is 24.9 Å². The molecule has 7 heteroatoms. The number of nitrogens with zero attached hydrogens (tertiary/aromatic N) is 2. The van der Waals surface area contributed by atoms with Gasteiger partial charge in [-0.2, -0.15) is 0 Å². The molecule has 2 amide bonds. The number of carboxylic acid groups (broad SMARTS) is 1. The van der Waals surface area contributed by atoms with Gasteiger partial charge in [0.15, 0.2) is 0 Å². The zero-order valence-electron chi connectivity index (χ0n) is 11.2. The van der Waals surface area contributed by atoms with Crippen LogP contribution in [0.3, 0.4) is 0 Å². The molecule has 19 heavy (non-hydrogen) atoms. The number of hydrogen-bond donors (Lipinski definition) is 2. The van der Waals surface area contributed by atoms with Gasteiger partial charge in [-0.25, -0.2) is 9.59 Å². The molecule has 2 aliphatic rings. The lowest BCUT2D eigenvalue weighted by Gasteiger charge is -2.39. The maximum atomic E-state index is 12.4. The van der Waals surface area contributed by atoms with Crippen LogP contribution in [0.5, 0.6) is 0 Å². The second-order valence-electron chi connectivity index (χ2n) is 5.32. The van der Waals surface area contributed by atoms with Crippen molar-refractivity contribution < 1.29 is 24.5 Å². The van der Waals surface area contributed by atoms with Gasteiger partial charge in [0.25, 0.3) is 0 Å². The first-order chi connectivity index (χ1) is 8.90. The van der Waals surface area contributed by atoms with Crippen molar-refractivity contribution in [2.24, 2.45) is 0 Å². The average molecular weight is 272 g/mol. The third-order valence-corrected chi connectivity index (χ3v) is 3.66. The molecular formula is C12H20N2O5. The fraction of sp³-hybridized carbons (Fsp3) is 0.833. The number of aliphatic carboxylic acids is 1. The third-order valence-electron chi connectivity index (χ3n) is 3.66. The predicted molar refractivity (Wildman–Crippen MR) is 65.7 cm³/mol. The highest BCUT2D eigenvalue weighted by Gasteiger charge is 2.42. The molecule has 2 rings (SSSR count). The van der Waals surface area contributed by atoms with E-state index in [1.807, 2.05) is 13.8 Å². The van der Waals surface area contributed by atoms with E-state index in [0.29, 0.717) is 13.2 Å². The number of β-amino-alcohol motifs (C(OH)–C–C–N with tert-alkyl or cyclic N) is 1. The Hall–Kier alpha value is -1.34. The summed E-state index contributed by atoms with van der Waals surface area (Å²) in [4.78, 5) is 26.5. The minimum Gasteiger partial charge on any atom is -0.480 e. The van der Waals surface area contributed by atoms with Gasteiger partial charge >= 0.3 is 12.0 Å². The summed E-state index contributed by atoms with van der Waals surface area (Å²) in [6.45, 7) is 4.71. The van der Waals surface area contributed by atoms with E-state index in [9.17, 15) is 14.7 Å². The highest BCUT2D eigenvalue weighted by molar-refractivity contribution is 5.83. The highest BCUT2D eigenvalue weighted by Crippen LogP contribution is 2.22. The summed E-state index contributed by atoms with van der Waals surface area (Å²) in [5.41, 5.74) is 0. The molecule has 2 saturated heterocycles. The Labute approximate surface area is 111 Å². The smallest absolute Gasteiger partial charge is 0.326 e. The van der Waals surface area contributed by atoms with Crippen LogP contribution in [0.2, 0.25) is 0 Å². The van der Waals surface area contributed by atoms with Crippen molar-refractivity contribution in [2.45, 2.75) is 44.6 Å². The van der Waals surface area contributed by atoms with Crippen molar-refractivity contribution in [3.63, 3.8) is 0 Å². The number of aliphatic hydroxyl groups excluding tert-OH is 1. The normalized spacial score (nSPS) is 35.5. The van der Waals surface area contributed by atoms with Gasteiger partial charge in [-0.1, -0.05) is 0 Å². The summed E-state index contributed by atoms with van der Waals surface area (Å²) in [6, 6.07) is -1.35. The van der Waals surface area contributed by atoms with Crippen LogP contribution in [0.15, 0.2) is 0 Å². The minimum absolute atomic E-state index is 0.0593. The number of aliphatic hydroxyl groups is 1. The third kappa shape index (κ3) is 2.82. The van der Waals surface area contributed by atoms with E-state index in [-0.39, 0.29) is 31.1 Å². The first kappa shape index (κ1) is 14.1. The Kier molecular flexibility index (Phi) is 3.96. The molecule has 4 atom stereocenters. The molecule has 0 saturated carbocycles. The van der Waals surface area contributed by atoms with Gasteiger partial charge in [-0.05, 0) is 13.8 Å². The van der Waals surface area contributed by atoms with Gasteiger partial charge in [-0.15, -0.1) is 0 Å². The first-order valence-electron chi connectivity index (χ1n) is 6.50. The molecule has 0 radical (unpaired) electrons. The summed E-state index contributed by atoms with van der Waals surface area (Å²) >= 11 is 0. The molecule has 108 valence electrons. The number of likely N-dealkylation sites (tertiary alicyclic amines) is 1. The monoisotopic (exact) mass is 272 g/mol. The van der Waals surface area contributed by atoms with E-state index in [1.165, 1.54) is 4.90 Å². The number of carbonyl (C=O) groups excluding carboxylic acids is 1. The number of hydrogen-bond acceptors (Lipinski definition) is 4. The fourth-order valence-electron chi connectivity index (χ4n) is 2.59. The predicted octanol–water partition coefficient (Wildman–Crippen LogP) is -0.265. The van der Waals surface area contributed by atoms with Crippen LogP contribution in [0.4, 0.5) is 4.79 Å². The SMILES string of the molecule is CC1CN(C(=O)N2C[C@H](O)C[C@H]2C(=O)O)C(C)CO1. The Morgan fingerprint density at radius 3 is 2.53 bits per heavy atom. The van der Waals surface area contributed by atoms with Crippen LogP contribution in [0.1, 0.15) is 20.3 Å². The fourth-order valence-corrected chi connectivity index (χ4v) is 2.59. The van der Waals surface area contributed by atoms with Crippen LogP contribution >= 0.6 is 0 Å². The average Bonchev–Trinajstić information content (AvgIpc) is 2.74. The summed E-state index contributed by atoms with van der Waals surface area (Å²) in [7, 11) is 0. The standard InChI is InChI=1S/C12H20N2O5/c1-7-6-19-8(2)4-13(7)12(18)14-5-9(15)3-10(14)11(16)17/h7-10,15H,3-6H2,1-2H3,(H,16,17)/t7?,8?,9-,10+/m1/s1. The van der Waals surface area contributed by atoms with E-state index in [2.05, 4.69) is 0 Å². The van der Waals surface area contributed by atoms with E-state index < -0.39 is 18.1 Å². The molecule has 0 spiro atoms. The number of amides is 2. The molecule has 0 aromatic carbocycles. The van der Waals surface area contributed by atoms with Crippen molar-refractivity contribution >= 4 is 12.0 Å². The Morgan fingerprint density at radius 1 is 1.21 bits per heavy atom. The number of morpholine rings is 1. The molecule has 2 unspecified atom stereocenters. The second-order valence-corrected chi connectivity index (χ2v) is 5.32. The maximum absolute atomic E-state index is 12.4. The molecule has 0 aromatic rings. The van der Waals surface area contributed by atoms with E-state index in [4.69, 9.17) is 9.84 Å².